The van der Waals surface area contributed by atoms with E-state index in [4.69, 9.17) is 28.2 Å². The van der Waals surface area contributed by atoms with Gasteiger partial charge in [0.15, 0.2) is 0 Å². The van der Waals surface area contributed by atoms with Crippen molar-refractivity contribution in [3.05, 3.63) is 56.0 Å². The lowest BCUT2D eigenvalue weighted by Gasteiger charge is -2.26. The summed E-state index contributed by atoms with van der Waals surface area (Å²) in [4.78, 5) is 4.18. The number of rotatable bonds is 3. The first-order valence-corrected chi connectivity index (χ1v) is 8.98. The fourth-order valence-electron chi connectivity index (χ4n) is 2.76. The SMILES string of the molecule is S=c1oc(-c2ccccc2Cl)nn1CN1CCc2sccc2C1. The summed E-state index contributed by atoms with van der Waals surface area (Å²) in [7, 11) is 0. The summed E-state index contributed by atoms with van der Waals surface area (Å²) in [5.74, 6) is 0.467. The Labute approximate surface area is 147 Å². The average molecular weight is 364 g/mol. The van der Waals surface area contributed by atoms with Crippen LogP contribution in [0.1, 0.15) is 10.4 Å². The molecular formula is C16H14ClN3OS2. The first-order chi connectivity index (χ1) is 11.2. The van der Waals surface area contributed by atoms with Crippen molar-refractivity contribution < 1.29 is 4.42 Å². The molecule has 3 heterocycles. The van der Waals surface area contributed by atoms with Crippen LogP contribution in [0.25, 0.3) is 11.5 Å². The monoisotopic (exact) mass is 363 g/mol. The van der Waals surface area contributed by atoms with Gasteiger partial charge < -0.3 is 4.42 Å². The van der Waals surface area contributed by atoms with Gasteiger partial charge in [-0.25, -0.2) is 4.68 Å². The highest BCUT2D eigenvalue weighted by Gasteiger charge is 2.19. The van der Waals surface area contributed by atoms with Crippen molar-refractivity contribution >= 4 is 35.2 Å². The predicted molar refractivity (Wildman–Crippen MR) is 94.2 cm³/mol. The molecule has 1 aromatic carbocycles. The number of benzene rings is 1. The van der Waals surface area contributed by atoms with Crippen LogP contribution < -0.4 is 0 Å². The zero-order chi connectivity index (χ0) is 15.8. The van der Waals surface area contributed by atoms with Crippen LogP contribution in [-0.2, 0) is 19.6 Å². The molecule has 7 heteroatoms. The maximum absolute atomic E-state index is 6.20. The van der Waals surface area contributed by atoms with Gasteiger partial charge in [0.25, 0.3) is 4.84 Å². The van der Waals surface area contributed by atoms with Gasteiger partial charge >= 0.3 is 0 Å². The number of hydrogen-bond acceptors (Lipinski definition) is 5. The highest BCUT2D eigenvalue weighted by atomic mass is 35.5. The van der Waals surface area contributed by atoms with Crippen molar-refractivity contribution in [2.45, 2.75) is 19.6 Å². The standard InChI is InChI=1S/C16H14ClN3OS2/c17-13-4-2-1-3-12(13)15-18-20(16(22)21-15)10-19-7-5-14-11(9-19)6-8-23-14/h1-4,6,8H,5,7,9-10H2. The van der Waals surface area contributed by atoms with Crippen molar-refractivity contribution in [1.29, 1.82) is 0 Å². The predicted octanol–water partition coefficient (Wildman–Crippen LogP) is 4.60. The highest BCUT2D eigenvalue weighted by molar-refractivity contribution is 7.71. The van der Waals surface area contributed by atoms with Crippen LogP contribution >= 0.6 is 35.2 Å². The van der Waals surface area contributed by atoms with E-state index in [1.807, 2.05) is 35.6 Å². The van der Waals surface area contributed by atoms with Crippen LogP contribution in [-0.4, -0.2) is 21.2 Å². The van der Waals surface area contributed by atoms with Crippen molar-refractivity contribution in [2.75, 3.05) is 6.54 Å². The molecule has 0 aliphatic carbocycles. The molecule has 1 aliphatic heterocycles. The number of nitrogens with zero attached hydrogens (tertiary/aromatic N) is 3. The number of fused-ring (bicyclic) bond motifs is 1. The van der Waals surface area contributed by atoms with Crippen molar-refractivity contribution in [1.82, 2.24) is 14.7 Å². The Kier molecular flexibility index (Phi) is 4.07. The molecule has 4 nitrogen and oxygen atoms in total. The van der Waals surface area contributed by atoms with Crippen molar-refractivity contribution in [3.63, 3.8) is 0 Å². The highest BCUT2D eigenvalue weighted by Crippen LogP contribution is 2.27. The lowest BCUT2D eigenvalue weighted by Crippen LogP contribution is -2.32. The van der Waals surface area contributed by atoms with E-state index in [1.54, 1.807) is 4.68 Å². The van der Waals surface area contributed by atoms with Crippen LogP contribution in [0.15, 0.2) is 40.1 Å². The largest absolute Gasteiger partial charge is 0.409 e. The lowest BCUT2D eigenvalue weighted by atomic mass is 10.1. The summed E-state index contributed by atoms with van der Waals surface area (Å²) in [6.07, 6.45) is 1.08. The molecule has 0 saturated heterocycles. The van der Waals surface area contributed by atoms with Gasteiger partial charge in [-0.05, 0) is 47.8 Å². The van der Waals surface area contributed by atoms with E-state index in [1.165, 1.54) is 10.4 Å². The lowest BCUT2D eigenvalue weighted by molar-refractivity contribution is 0.187. The molecule has 0 bridgehead atoms. The Bertz CT molecular complexity index is 899. The first kappa shape index (κ1) is 15.1. The van der Waals surface area contributed by atoms with Gasteiger partial charge in [-0.2, -0.15) is 0 Å². The molecule has 3 aromatic rings. The van der Waals surface area contributed by atoms with Crippen LogP contribution in [0.5, 0.6) is 0 Å². The second-order valence-corrected chi connectivity index (χ2v) is 7.22. The van der Waals surface area contributed by atoms with E-state index >= 15 is 0 Å². The van der Waals surface area contributed by atoms with Gasteiger partial charge in [0, 0.05) is 18.0 Å². The van der Waals surface area contributed by atoms with Gasteiger partial charge in [0.1, 0.15) is 0 Å². The molecule has 23 heavy (non-hydrogen) atoms. The third kappa shape index (κ3) is 2.99. The minimum Gasteiger partial charge on any atom is -0.409 e. The second kappa shape index (κ2) is 6.20. The molecule has 0 spiro atoms. The maximum Gasteiger partial charge on any atom is 0.288 e. The molecule has 118 valence electrons. The average Bonchev–Trinajstić information content (AvgIpc) is 3.14. The minimum absolute atomic E-state index is 0.371. The smallest absolute Gasteiger partial charge is 0.288 e. The Morgan fingerprint density at radius 2 is 2.17 bits per heavy atom. The maximum atomic E-state index is 6.20. The summed E-state index contributed by atoms with van der Waals surface area (Å²) < 4.78 is 7.36. The van der Waals surface area contributed by atoms with E-state index in [2.05, 4.69) is 21.4 Å². The van der Waals surface area contributed by atoms with E-state index in [-0.39, 0.29) is 0 Å². The summed E-state index contributed by atoms with van der Waals surface area (Å²) in [5.41, 5.74) is 2.17. The van der Waals surface area contributed by atoms with Crippen LogP contribution in [0.3, 0.4) is 0 Å². The molecule has 0 unspecified atom stereocenters. The summed E-state index contributed by atoms with van der Waals surface area (Å²) >= 11 is 13.4. The van der Waals surface area contributed by atoms with E-state index in [9.17, 15) is 0 Å². The molecule has 4 rings (SSSR count). The quantitative estimate of drug-likeness (QED) is 0.637. The van der Waals surface area contributed by atoms with Gasteiger partial charge in [0.05, 0.1) is 17.3 Å². The molecule has 0 saturated carbocycles. The molecule has 0 fully saturated rings. The van der Waals surface area contributed by atoms with E-state index < -0.39 is 0 Å². The van der Waals surface area contributed by atoms with Crippen LogP contribution in [0.2, 0.25) is 5.02 Å². The minimum atomic E-state index is 0.371. The normalized spacial score (nSPS) is 14.8. The van der Waals surface area contributed by atoms with Crippen LogP contribution in [0.4, 0.5) is 0 Å². The number of thiophene rings is 1. The van der Waals surface area contributed by atoms with Gasteiger partial charge in [-0.15, -0.1) is 16.4 Å². The Hall–Kier alpha value is -1.47. The molecule has 0 atom stereocenters. The number of aromatic nitrogens is 2. The summed E-state index contributed by atoms with van der Waals surface area (Å²) in [6, 6.07) is 9.68. The molecular weight excluding hydrogens is 350 g/mol. The first-order valence-electron chi connectivity index (χ1n) is 7.31. The van der Waals surface area contributed by atoms with Gasteiger partial charge in [-0.3, -0.25) is 4.90 Å². The third-order valence-corrected chi connectivity index (χ3v) is 5.58. The van der Waals surface area contributed by atoms with E-state index in [0.29, 0.717) is 22.4 Å². The zero-order valence-electron chi connectivity index (χ0n) is 12.2. The van der Waals surface area contributed by atoms with Gasteiger partial charge in [-0.1, -0.05) is 23.7 Å². The summed E-state index contributed by atoms with van der Waals surface area (Å²) in [5, 5.41) is 7.27. The molecule has 0 N–H and O–H groups in total. The molecule has 0 amide bonds. The van der Waals surface area contributed by atoms with Crippen molar-refractivity contribution in [2.24, 2.45) is 0 Å². The van der Waals surface area contributed by atoms with Gasteiger partial charge in [0.2, 0.25) is 5.89 Å². The molecule has 0 radical (unpaired) electrons. The molecule has 1 aliphatic rings. The van der Waals surface area contributed by atoms with Crippen molar-refractivity contribution in [3.8, 4) is 11.5 Å². The number of hydrogen-bond donors (Lipinski definition) is 0. The van der Waals surface area contributed by atoms with Crippen LogP contribution in [0, 0.1) is 4.84 Å². The second-order valence-electron chi connectivity index (χ2n) is 5.47. The Balaban J connectivity index is 1.57. The fourth-order valence-corrected chi connectivity index (χ4v) is 4.04. The summed E-state index contributed by atoms with van der Waals surface area (Å²) in [6.45, 7) is 2.56. The zero-order valence-corrected chi connectivity index (χ0v) is 14.6. The topological polar surface area (TPSA) is 34.2 Å². The molecule has 2 aromatic heterocycles. The Morgan fingerprint density at radius 3 is 3.04 bits per heavy atom. The third-order valence-electron chi connectivity index (χ3n) is 3.93. The van der Waals surface area contributed by atoms with E-state index in [0.717, 1.165) is 25.1 Å². The number of halogens is 1. The fraction of sp³-hybridized carbons (Fsp3) is 0.250. The Morgan fingerprint density at radius 1 is 1.30 bits per heavy atom.